The lowest BCUT2D eigenvalue weighted by Crippen LogP contribution is -2.24. The molecule has 5 N–H and O–H groups in total. The fourth-order valence-corrected chi connectivity index (χ4v) is 2.91. The number of nitrogens with one attached hydrogen (secondary N) is 1. The van der Waals surface area contributed by atoms with E-state index in [0.29, 0.717) is 11.4 Å². The van der Waals surface area contributed by atoms with Gasteiger partial charge < -0.3 is 21.3 Å². The first-order valence-electron chi connectivity index (χ1n) is 7.48. The third kappa shape index (κ3) is 3.76. The maximum absolute atomic E-state index is 12.4. The second-order valence-electron chi connectivity index (χ2n) is 5.25. The van der Waals surface area contributed by atoms with E-state index in [4.69, 9.17) is 5.73 Å². The van der Waals surface area contributed by atoms with Crippen LogP contribution < -0.4 is 11.1 Å². The van der Waals surface area contributed by atoms with Crippen molar-refractivity contribution in [2.75, 3.05) is 0 Å². The monoisotopic (exact) mass is 356 g/mol. The van der Waals surface area contributed by atoms with Crippen LogP contribution in [0.25, 0.3) is 10.7 Å². The van der Waals surface area contributed by atoms with Crippen LogP contribution in [0, 0.1) is 0 Å². The van der Waals surface area contributed by atoms with Crippen molar-refractivity contribution in [3.63, 3.8) is 0 Å². The van der Waals surface area contributed by atoms with Gasteiger partial charge in [0.25, 0.3) is 11.8 Å². The van der Waals surface area contributed by atoms with Gasteiger partial charge in [-0.25, -0.2) is 4.98 Å². The molecule has 3 aromatic rings. The van der Waals surface area contributed by atoms with E-state index in [9.17, 15) is 15.0 Å². The van der Waals surface area contributed by atoms with E-state index >= 15 is 0 Å². The second-order valence-corrected chi connectivity index (χ2v) is 6.20. The summed E-state index contributed by atoms with van der Waals surface area (Å²) in [5.74, 6) is -1.70. The van der Waals surface area contributed by atoms with Crippen LogP contribution in [0.4, 0.5) is 0 Å². The molecule has 0 aliphatic rings. The number of hydrogen-bond donors (Lipinski definition) is 4. The van der Waals surface area contributed by atoms with Crippen LogP contribution in [0.5, 0.6) is 11.6 Å². The number of carbonyl (C=O) groups is 1. The predicted molar refractivity (Wildman–Crippen MR) is 94.2 cm³/mol. The molecular weight excluding hydrogens is 340 g/mol. The molecule has 8 heteroatoms. The van der Waals surface area contributed by atoms with Gasteiger partial charge in [-0.2, -0.15) is 4.98 Å². The molecule has 25 heavy (non-hydrogen) atoms. The fraction of sp³-hybridized carbons (Fsp3) is 0.118. The first-order valence-corrected chi connectivity index (χ1v) is 8.36. The molecule has 2 aromatic heterocycles. The topological polar surface area (TPSA) is 121 Å². The number of aromatic hydroxyl groups is 2. The highest BCUT2D eigenvalue weighted by atomic mass is 32.1. The van der Waals surface area contributed by atoms with Crippen molar-refractivity contribution in [1.82, 2.24) is 15.3 Å². The van der Waals surface area contributed by atoms with Gasteiger partial charge >= 0.3 is 0 Å². The van der Waals surface area contributed by atoms with Gasteiger partial charge in [0.15, 0.2) is 11.5 Å². The largest absolute Gasteiger partial charge is 0.501 e. The maximum Gasteiger partial charge on any atom is 0.274 e. The van der Waals surface area contributed by atoms with E-state index in [1.165, 1.54) is 11.3 Å². The second kappa shape index (κ2) is 7.29. The van der Waals surface area contributed by atoms with Gasteiger partial charge in [-0.3, -0.25) is 4.79 Å². The third-order valence-electron chi connectivity index (χ3n) is 3.50. The minimum absolute atomic E-state index is 0.181. The number of rotatable bonds is 5. The Kier molecular flexibility index (Phi) is 4.92. The number of aromatic nitrogens is 2. The van der Waals surface area contributed by atoms with Crippen LogP contribution in [0.2, 0.25) is 0 Å². The molecule has 0 radical (unpaired) electrons. The van der Waals surface area contributed by atoms with E-state index < -0.39 is 17.5 Å². The summed E-state index contributed by atoms with van der Waals surface area (Å²) in [5, 5.41) is 24.2. The van der Waals surface area contributed by atoms with E-state index in [1.54, 1.807) is 12.1 Å². The summed E-state index contributed by atoms with van der Waals surface area (Å²) in [6.07, 6.45) is 0. The van der Waals surface area contributed by atoms with Gasteiger partial charge in [-0.1, -0.05) is 30.3 Å². The summed E-state index contributed by atoms with van der Waals surface area (Å²) < 4.78 is 0. The third-order valence-corrected chi connectivity index (χ3v) is 4.37. The van der Waals surface area contributed by atoms with Crippen molar-refractivity contribution in [2.45, 2.75) is 13.1 Å². The molecule has 0 fully saturated rings. The van der Waals surface area contributed by atoms with E-state index in [2.05, 4.69) is 15.3 Å². The molecule has 1 amide bonds. The number of amides is 1. The van der Waals surface area contributed by atoms with Crippen molar-refractivity contribution in [1.29, 1.82) is 0 Å². The van der Waals surface area contributed by atoms with Gasteiger partial charge in [0.1, 0.15) is 0 Å². The normalized spacial score (nSPS) is 10.6. The molecule has 0 bridgehead atoms. The van der Waals surface area contributed by atoms with Crippen molar-refractivity contribution in [3.05, 3.63) is 58.6 Å². The number of benzene rings is 1. The standard InChI is InChI=1S/C17H16N4O3S/c18-8-10-3-1-4-11(7-10)9-19-16(23)13-14(22)17(24)21-15(20-13)12-5-2-6-25-12/h1-7,22H,8-9,18H2,(H,19,23)(H,20,21,24). The van der Waals surface area contributed by atoms with Crippen molar-refractivity contribution >= 4 is 17.2 Å². The minimum Gasteiger partial charge on any atom is -0.501 e. The van der Waals surface area contributed by atoms with E-state index in [0.717, 1.165) is 11.1 Å². The molecule has 0 spiro atoms. The van der Waals surface area contributed by atoms with E-state index in [1.807, 2.05) is 29.6 Å². The van der Waals surface area contributed by atoms with Crippen LogP contribution in [-0.4, -0.2) is 26.1 Å². The molecular formula is C17H16N4O3S. The van der Waals surface area contributed by atoms with Crippen LogP contribution in [0.15, 0.2) is 41.8 Å². The van der Waals surface area contributed by atoms with Crippen LogP contribution in [-0.2, 0) is 13.1 Å². The Labute approximate surface area is 147 Å². The van der Waals surface area contributed by atoms with Crippen LogP contribution in [0.1, 0.15) is 21.6 Å². The average molecular weight is 356 g/mol. The molecule has 3 rings (SSSR count). The number of carbonyl (C=O) groups excluding carboxylic acids is 1. The molecule has 0 aliphatic heterocycles. The number of hydrogen-bond acceptors (Lipinski definition) is 7. The lowest BCUT2D eigenvalue weighted by Gasteiger charge is -2.09. The Morgan fingerprint density at radius 1 is 1.16 bits per heavy atom. The first-order chi connectivity index (χ1) is 12.1. The summed E-state index contributed by atoms with van der Waals surface area (Å²) in [6.45, 7) is 0.651. The molecule has 0 unspecified atom stereocenters. The zero-order valence-electron chi connectivity index (χ0n) is 13.1. The molecule has 7 nitrogen and oxygen atoms in total. The van der Waals surface area contributed by atoms with Gasteiger partial charge in [-0.15, -0.1) is 11.3 Å². The predicted octanol–water partition coefficient (Wildman–Crippen LogP) is 2.01. The minimum atomic E-state index is -0.645. The molecule has 2 heterocycles. The first kappa shape index (κ1) is 16.9. The lowest BCUT2D eigenvalue weighted by molar-refractivity contribution is 0.0942. The maximum atomic E-state index is 12.4. The van der Waals surface area contributed by atoms with E-state index in [-0.39, 0.29) is 18.1 Å². The fourth-order valence-electron chi connectivity index (χ4n) is 2.25. The Hall–Kier alpha value is -2.97. The quantitative estimate of drug-likeness (QED) is 0.555. The number of nitrogens with two attached hydrogens (primary N) is 1. The van der Waals surface area contributed by atoms with Gasteiger partial charge in [0.2, 0.25) is 5.75 Å². The van der Waals surface area contributed by atoms with Crippen LogP contribution in [0.3, 0.4) is 0 Å². The lowest BCUT2D eigenvalue weighted by atomic mass is 10.1. The number of nitrogens with zero attached hydrogens (tertiary/aromatic N) is 2. The van der Waals surface area contributed by atoms with Gasteiger partial charge in [-0.05, 0) is 22.6 Å². The highest BCUT2D eigenvalue weighted by molar-refractivity contribution is 7.13. The average Bonchev–Trinajstić information content (AvgIpc) is 3.16. The smallest absolute Gasteiger partial charge is 0.274 e. The zero-order valence-corrected chi connectivity index (χ0v) is 14.0. The summed E-state index contributed by atoms with van der Waals surface area (Å²) in [6, 6.07) is 11.1. The summed E-state index contributed by atoms with van der Waals surface area (Å²) in [5.41, 5.74) is 7.15. The molecule has 0 aliphatic carbocycles. The Morgan fingerprint density at radius 3 is 2.68 bits per heavy atom. The molecule has 0 saturated heterocycles. The summed E-state index contributed by atoms with van der Waals surface area (Å²) in [4.78, 5) is 20.9. The van der Waals surface area contributed by atoms with Crippen LogP contribution >= 0.6 is 11.3 Å². The number of thiophene rings is 1. The van der Waals surface area contributed by atoms with Crippen molar-refractivity contribution in [3.8, 4) is 22.3 Å². The Morgan fingerprint density at radius 2 is 1.96 bits per heavy atom. The highest BCUT2D eigenvalue weighted by Gasteiger charge is 2.20. The molecule has 128 valence electrons. The molecule has 0 saturated carbocycles. The summed E-state index contributed by atoms with van der Waals surface area (Å²) >= 11 is 1.36. The Bertz CT molecular complexity index is 897. The van der Waals surface area contributed by atoms with Crippen molar-refractivity contribution < 1.29 is 15.0 Å². The molecule has 1 aromatic carbocycles. The van der Waals surface area contributed by atoms with Gasteiger partial charge in [0.05, 0.1) is 4.88 Å². The zero-order chi connectivity index (χ0) is 17.8. The molecule has 0 atom stereocenters. The van der Waals surface area contributed by atoms with Crippen molar-refractivity contribution in [2.24, 2.45) is 5.73 Å². The summed E-state index contributed by atoms with van der Waals surface area (Å²) in [7, 11) is 0. The Balaban J connectivity index is 1.81. The highest BCUT2D eigenvalue weighted by Crippen LogP contribution is 2.30. The SMILES string of the molecule is NCc1cccc(CNC(=O)c2nc(-c3cccs3)nc(O)c2O)c1. The van der Waals surface area contributed by atoms with Gasteiger partial charge in [0, 0.05) is 13.1 Å².